The van der Waals surface area contributed by atoms with Gasteiger partial charge in [0.2, 0.25) is 5.91 Å². The molecule has 4 amide bonds. The highest BCUT2D eigenvalue weighted by atomic mass is 16.5. The summed E-state index contributed by atoms with van der Waals surface area (Å²) in [5.41, 5.74) is 6.25. The summed E-state index contributed by atoms with van der Waals surface area (Å²) < 4.78 is 4.71. The van der Waals surface area contributed by atoms with Crippen molar-refractivity contribution in [2.75, 3.05) is 11.9 Å². The zero-order valence-electron chi connectivity index (χ0n) is 14.3. The molecule has 0 bridgehead atoms. The van der Waals surface area contributed by atoms with Gasteiger partial charge in [0.05, 0.1) is 0 Å². The molecule has 0 atom stereocenters. The van der Waals surface area contributed by atoms with Crippen LogP contribution >= 0.6 is 0 Å². The average Bonchev–Trinajstić information content (AvgIpc) is 2.92. The number of nitrogens with zero attached hydrogens (tertiary/aromatic N) is 1. The van der Waals surface area contributed by atoms with Crippen LogP contribution in [0.3, 0.4) is 0 Å². The molecule has 0 saturated heterocycles. The predicted molar refractivity (Wildman–Crippen MR) is 93.8 cm³/mol. The maximum Gasteiger partial charge on any atom is 0.404 e. The van der Waals surface area contributed by atoms with Gasteiger partial charge in [0.1, 0.15) is 6.61 Å². The van der Waals surface area contributed by atoms with Gasteiger partial charge in [-0.05, 0) is 30.5 Å². The molecule has 3 N–H and O–H groups in total. The van der Waals surface area contributed by atoms with Crippen LogP contribution in [-0.4, -0.2) is 35.3 Å². The number of primary amides is 1. The molecule has 26 heavy (non-hydrogen) atoms. The minimum absolute atomic E-state index is 0.0435. The SMILES string of the molecule is NC(=O)OCc1cccc(NC(=O)CCCCCN2C(=O)C=CC2=O)c1. The van der Waals surface area contributed by atoms with E-state index >= 15 is 0 Å². The average molecular weight is 359 g/mol. The van der Waals surface area contributed by atoms with Crippen molar-refractivity contribution in [3.05, 3.63) is 42.0 Å². The molecule has 8 heteroatoms. The molecule has 0 fully saturated rings. The number of anilines is 1. The van der Waals surface area contributed by atoms with Crippen molar-refractivity contribution in [2.45, 2.75) is 32.3 Å². The minimum atomic E-state index is -0.854. The third kappa shape index (κ3) is 6.04. The summed E-state index contributed by atoms with van der Waals surface area (Å²) in [4.78, 5) is 46.6. The molecular formula is C18H21N3O5. The number of nitrogens with one attached hydrogen (secondary N) is 1. The Balaban J connectivity index is 1.66. The van der Waals surface area contributed by atoms with E-state index in [0.29, 0.717) is 31.5 Å². The number of hydrogen-bond acceptors (Lipinski definition) is 5. The van der Waals surface area contributed by atoms with E-state index in [1.165, 1.54) is 17.1 Å². The van der Waals surface area contributed by atoms with Gasteiger partial charge in [0.15, 0.2) is 0 Å². The molecule has 2 rings (SSSR count). The third-order valence-corrected chi connectivity index (χ3v) is 3.78. The van der Waals surface area contributed by atoms with Crippen LogP contribution in [0.25, 0.3) is 0 Å². The topological polar surface area (TPSA) is 119 Å². The van der Waals surface area contributed by atoms with Crippen molar-refractivity contribution in [1.82, 2.24) is 4.90 Å². The molecule has 0 unspecified atom stereocenters. The van der Waals surface area contributed by atoms with Crippen LogP contribution in [0.15, 0.2) is 36.4 Å². The van der Waals surface area contributed by atoms with Crippen molar-refractivity contribution in [2.24, 2.45) is 5.73 Å². The van der Waals surface area contributed by atoms with Gasteiger partial charge in [-0.15, -0.1) is 0 Å². The Kier molecular flexibility index (Phi) is 6.90. The van der Waals surface area contributed by atoms with Crippen molar-refractivity contribution in [3.8, 4) is 0 Å². The van der Waals surface area contributed by atoms with Crippen molar-refractivity contribution in [3.63, 3.8) is 0 Å². The van der Waals surface area contributed by atoms with Crippen LogP contribution < -0.4 is 11.1 Å². The van der Waals surface area contributed by atoms with Crippen LogP contribution in [0.2, 0.25) is 0 Å². The Labute approximate surface area is 151 Å². The van der Waals surface area contributed by atoms with Crippen LogP contribution in [-0.2, 0) is 25.7 Å². The van der Waals surface area contributed by atoms with Crippen LogP contribution in [0.5, 0.6) is 0 Å². The van der Waals surface area contributed by atoms with Crippen molar-refractivity contribution < 1.29 is 23.9 Å². The van der Waals surface area contributed by atoms with Crippen molar-refractivity contribution >= 4 is 29.5 Å². The molecule has 1 aromatic rings. The lowest BCUT2D eigenvalue weighted by Crippen LogP contribution is -2.30. The first-order chi connectivity index (χ1) is 12.5. The molecule has 8 nitrogen and oxygen atoms in total. The van der Waals surface area contributed by atoms with E-state index in [4.69, 9.17) is 10.5 Å². The summed E-state index contributed by atoms with van der Waals surface area (Å²) in [5.74, 6) is -0.700. The van der Waals surface area contributed by atoms with Crippen LogP contribution in [0.1, 0.15) is 31.2 Å². The summed E-state index contributed by atoms with van der Waals surface area (Å²) in [6.07, 6.45) is 4.05. The summed E-state index contributed by atoms with van der Waals surface area (Å²) in [7, 11) is 0. The quantitative estimate of drug-likeness (QED) is 0.514. The number of benzene rings is 1. The molecule has 1 aliphatic heterocycles. The van der Waals surface area contributed by atoms with Gasteiger partial charge in [-0.2, -0.15) is 0 Å². The Bertz CT molecular complexity index is 711. The third-order valence-electron chi connectivity index (χ3n) is 3.78. The van der Waals surface area contributed by atoms with E-state index in [0.717, 1.165) is 12.0 Å². The minimum Gasteiger partial charge on any atom is -0.445 e. The van der Waals surface area contributed by atoms with E-state index in [2.05, 4.69) is 5.32 Å². The monoisotopic (exact) mass is 359 g/mol. The number of ether oxygens (including phenoxy) is 1. The number of hydrogen-bond donors (Lipinski definition) is 2. The lowest BCUT2D eigenvalue weighted by atomic mass is 10.1. The Morgan fingerprint density at radius 3 is 2.50 bits per heavy atom. The molecule has 0 aromatic heterocycles. The normalized spacial score (nSPS) is 13.2. The second-order valence-corrected chi connectivity index (χ2v) is 5.83. The molecule has 0 aliphatic carbocycles. The number of nitrogens with two attached hydrogens (primary N) is 1. The number of unbranched alkanes of at least 4 members (excludes halogenated alkanes) is 2. The zero-order chi connectivity index (χ0) is 18.9. The van der Waals surface area contributed by atoms with Gasteiger partial charge in [-0.25, -0.2) is 4.79 Å². The molecule has 0 saturated carbocycles. The maximum absolute atomic E-state index is 12.0. The van der Waals surface area contributed by atoms with Crippen LogP contribution in [0.4, 0.5) is 10.5 Å². The first kappa shape index (κ1) is 19.2. The predicted octanol–water partition coefficient (Wildman–Crippen LogP) is 1.71. The van der Waals surface area contributed by atoms with Gasteiger partial charge in [-0.3, -0.25) is 19.3 Å². The lowest BCUT2D eigenvalue weighted by Gasteiger charge is -2.13. The fraction of sp³-hybridized carbons (Fsp3) is 0.333. The smallest absolute Gasteiger partial charge is 0.404 e. The van der Waals surface area contributed by atoms with E-state index in [1.54, 1.807) is 24.3 Å². The van der Waals surface area contributed by atoms with E-state index < -0.39 is 6.09 Å². The van der Waals surface area contributed by atoms with Gasteiger partial charge in [-0.1, -0.05) is 18.6 Å². The fourth-order valence-corrected chi connectivity index (χ4v) is 2.50. The number of imide groups is 1. The van der Waals surface area contributed by atoms with Gasteiger partial charge < -0.3 is 15.8 Å². The Morgan fingerprint density at radius 2 is 1.81 bits per heavy atom. The van der Waals surface area contributed by atoms with E-state index in [9.17, 15) is 19.2 Å². The standard InChI is InChI=1S/C18H21N3O5/c19-18(25)26-12-13-5-4-6-14(11-13)20-15(22)7-2-1-3-10-21-16(23)8-9-17(21)24/h4-6,8-9,11H,1-3,7,10,12H2,(H2,19,25)(H,20,22). The molecule has 0 radical (unpaired) electrons. The highest BCUT2D eigenvalue weighted by Gasteiger charge is 2.22. The fourth-order valence-electron chi connectivity index (χ4n) is 2.50. The van der Waals surface area contributed by atoms with Gasteiger partial charge >= 0.3 is 6.09 Å². The highest BCUT2D eigenvalue weighted by Crippen LogP contribution is 2.13. The number of carbonyl (C=O) groups is 4. The van der Waals surface area contributed by atoms with Gasteiger partial charge in [0.25, 0.3) is 11.8 Å². The summed E-state index contributed by atoms with van der Waals surface area (Å²) in [6.45, 7) is 0.413. The lowest BCUT2D eigenvalue weighted by molar-refractivity contribution is -0.136. The van der Waals surface area contributed by atoms with Gasteiger partial charge in [0, 0.05) is 30.8 Å². The van der Waals surface area contributed by atoms with Crippen molar-refractivity contribution in [1.29, 1.82) is 0 Å². The van der Waals surface area contributed by atoms with E-state index in [1.807, 2.05) is 0 Å². The molecular weight excluding hydrogens is 338 g/mol. The molecule has 138 valence electrons. The molecule has 0 spiro atoms. The van der Waals surface area contributed by atoms with Crippen LogP contribution in [0, 0.1) is 0 Å². The van der Waals surface area contributed by atoms with E-state index in [-0.39, 0.29) is 24.3 Å². The number of rotatable bonds is 9. The maximum atomic E-state index is 12.0. The highest BCUT2D eigenvalue weighted by molar-refractivity contribution is 6.12. The molecule has 1 heterocycles. The molecule has 1 aromatic carbocycles. The Hall–Kier alpha value is -3.16. The number of carbonyl (C=O) groups excluding carboxylic acids is 4. The molecule has 1 aliphatic rings. The zero-order valence-corrected chi connectivity index (χ0v) is 14.3. The largest absolute Gasteiger partial charge is 0.445 e. The summed E-state index contributed by atoms with van der Waals surface area (Å²) in [6, 6.07) is 6.95. The Morgan fingerprint density at radius 1 is 1.08 bits per heavy atom. The number of amides is 4. The first-order valence-electron chi connectivity index (χ1n) is 8.30. The second kappa shape index (κ2) is 9.36. The first-order valence-corrected chi connectivity index (χ1v) is 8.30. The summed E-state index contributed by atoms with van der Waals surface area (Å²) in [5, 5.41) is 2.78. The second-order valence-electron chi connectivity index (χ2n) is 5.83. The summed E-state index contributed by atoms with van der Waals surface area (Å²) >= 11 is 0.